The second-order valence-electron chi connectivity index (χ2n) is 1.15. The molecule has 0 amide bonds. The van der Waals surface area contributed by atoms with Crippen LogP contribution in [0.1, 0.15) is 13.8 Å². The maximum Gasteiger partial charge on any atom is 0 e. The Bertz CT molecular complexity index is 11.6. The molecule has 0 rings (SSSR count). The van der Waals surface area contributed by atoms with Crippen LogP contribution >= 0.6 is 0 Å². The van der Waals surface area contributed by atoms with Gasteiger partial charge in [-0.25, -0.2) is 0 Å². The predicted molar refractivity (Wildman–Crippen MR) is 19.5 cm³/mol. The first kappa shape index (κ1) is 9.42. The minimum absolute atomic E-state index is 0. The SMILES string of the molecule is CC(C)[NH-].[Y]. The molecular weight excluding hydrogens is 139 g/mol. The molecule has 2 heteroatoms. The van der Waals surface area contributed by atoms with Gasteiger partial charge in [-0.1, -0.05) is 13.8 Å². The number of nitrogens with one attached hydrogen (secondary N) is 1. The zero-order chi connectivity index (χ0) is 3.58. The molecule has 0 aliphatic heterocycles. The molecule has 5 heavy (non-hydrogen) atoms. The van der Waals surface area contributed by atoms with E-state index in [4.69, 9.17) is 5.73 Å². The van der Waals surface area contributed by atoms with E-state index >= 15 is 0 Å². The average molecular weight is 147 g/mol. The smallest absolute Gasteiger partial charge is 0 e. The third kappa shape index (κ3) is 42.0. The van der Waals surface area contributed by atoms with Crippen LogP contribution in [0, 0.1) is 0 Å². The van der Waals surface area contributed by atoms with Crippen molar-refractivity contribution in [3.05, 3.63) is 5.73 Å². The van der Waals surface area contributed by atoms with E-state index in [1.54, 1.807) is 0 Å². The van der Waals surface area contributed by atoms with Crippen LogP contribution in [0.25, 0.3) is 5.73 Å². The van der Waals surface area contributed by atoms with Crippen molar-refractivity contribution in [2.75, 3.05) is 0 Å². The molecule has 0 unspecified atom stereocenters. The molecule has 0 saturated heterocycles. The Morgan fingerprint density at radius 3 is 1.40 bits per heavy atom. The van der Waals surface area contributed by atoms with E-state index in [0.717, 1.165) is 0 Å². The molecular formula is C3H8NY-. The van der Waals surface area contributed by atoms with Crippen molar-refractivity contribution in [1.82, 2.24) is 0 Å². The van der Waals surface area contributed by atoms with Crippen LogP contribution in [0.3, 0.4) is 0 Å². The molecule has 1 nitrogen and oxygen atoms in total. The van der Waals surface area contributed by atoms with Crippen molar-refractivity contribution in [3.8, 4) is 0 Å². The van der Waals surface area contributed by atoms with E-state index in [-0.39, 0.29) is 38.8 Å². The maximum atomic E-state index is 6.58. The van der Waals surface area contributed by atoms with Crippen LogP contribution in [0.2, 0.25) is 0 Å². The molecule has 0 spiro atoms. The molecule has 0 bridgehead atoms. The summed E-state index contributed by atoms with van der Waals surface area (Å²) in [6.45, 7) is 3.67. The Kier molecular flexibility index (Phi) is 9.54. The van der Waals surface area contributed by atoms with Gasteiger partial charge in [-0.05, 0) is 0 Å². The van der Waals surface area contributed by atoms with Gasteiger partial charge in [0.15, 0.2) is 0 Å². The van der Waals surface area contributed by atoms with Crippen LogP contribution in [0.15, 0.2) is 0 Å². The van der Waals surface area contributed by atoms with Crippen molar-refractivity contribution < 1.29 is 32.7 Å². The third-order valence-electron chi connectivity index (χ3n) is 0. The van der Waals surface area contributed by atoms with Crippen molar-refractivity contribution in [2.24, 2.45) is 0 Å². The van der Waals surface area contributed by atoms with E-state index in [1.807, 2.05) is 13.8 Å². The van der Waals surface area contributed by atoms with Gasteiger partial charge < -0.3 is 5.73 Å². The molecule has 0 aliphatic carbocycles. The fourth-order valence-corrected chi connectivity index (χ4v) is 0. The van der Waals surface area contributed by atoms with E-state index in [2.05, 4.69) is 0 Å². The number of hydrogen-bond acceptors (Lipinski definition) is 0. The number of rotatable bonds is 0. The van der Waals surface area contributed by atoms with Crippen molar-refractivity contribution >= 4 is 0 Å². The maximum absolute atomic E-state index is 6.58. The van der Waals surface area contributed by atoms with Crippen LogP contribution in [-0.4, -0.2) is 6.04 Å². The monoisotopic (exact) mass is 147 g/mol. The molecule has 0 atom stereocenters. The molecule has 0 saturated carbocycles. The summed E-state index contributed by atoms with van der Waals surface area (Å²) in [5, 5.41) is 0. The summed E-state index contributed by atoms with van der Waals surface area (Å²) in [4.78, 5) is 0. The van der Waals surface area contributed by atoms with Gasteiger partial charge in [0, 0.05) is 32.7 Å². The molecule has 0 heterocycles. The third-order valence-corrected chi connectivity index (χ3v) is 0. The Morgan fingerprint density at radius 1 is 1.40 bits per heavy atom. The molecule has 0 aromatic rings. The summed E-state index contributed by atoms with van der Waals surface area (Å²) in [5.41, 5.74) is 6.58. The van der Waals surface area contributed by atoms with Crippen LogP contribution in [0.5, 0.6) is 0 Å². The first-order valence-electron chi connectivity index (χ1n) is 1.44. The van der Waals surface area contributed by atoms with E-state index in [1.165, 1.54) is 0 Å². The van der Waals surface area contributed by atoms with Gasteiger partial charge in [-0.15, -0.1) is 6.04 Å². The largest absolute Gasteiger partial charge is 0.675 e. The average Bonchev–Trinajstić information content (AvgIpc) is 0.811. The van der Waals surface area contributed by atoms with Crippen LogP contribution < -0.4 is 0 Å². The molecule has 0 aromatic heterocycles. The number of hydrogen-bond donors (Lipinski definition) is 0. The molecule has 1 radical (unpaired) electrons. The fraction of sp³-hybridized carbons (Fsp3) is 1.00. The van der Waals surface area contributed by atoms with Gasteiger partial charge in [0.2, 0.25) is 0 Å². The van der Waals surface area contributed by atoms with Crippen LogP contribution in [0.4, 0.5) is 0 Å². The zero-order valence-electron chi connectivity index (χ0n) is 3.65. The Labute approximate surface area is 58.2 Å². The van der Waals surface area contributed by atoms with E-state index < -0.39 is 0 Å². The van der Waals surface area contributed by atoms with Gasteiger partial charge in [0.1, 0.15) is 0 Å². The van der Waals surface area contributed by atoms with Crippen LogP contribution in [-0.2, 0) is 32.7 Å². The quantitative estimate of drug-likeness (QED) is 0.495. The fourth-order valence-electron chi connectivity index (χ4n) is 0. The predicted octanol–water partition coefficient (Wildman–Crippen LogP) is 1.44. The van der Waals surface area contributed by atoms with Gasteiger partial charge in [0.05, 0.1) is 0 Å². The molecule has 0 fully saturated rings. The second kappa shape index (κ2) is 5.06. The van der Waals surface area contributed by atoms with Gasteiger partial charge in [-0.2, -0.15) is 0 Å². The first-order chi connectivity index (χ1) is 1.73. The standard InChI is InChI=1S/C3H8N.Y/c1-3(2)4;/h3-4H,1-2H3;/q-1;. The Balaban J connectivity index is 0. The topological polar surface area (TPSA) is 23.8 Å². The van der Waals surface area contributed by atoms with Gasteiger partial charge in [-0.3, -0.25) is 0 Å². The zero-order valence-corrected chi connectivity index (χ0v) is 6.49. The van der Waals surface area contributed by atoms with Gasteiger partial charge >= 0.3 is 0 Å². The van der Waals surface area contributed by atoms with Crippen molar-refractivity contribution in [1.29, 1.82) is 0 Å². The minimum Gasteiger partial charge on any atom is -0.675 e. The summed E-state index contributed by atoms with van der Waals surface area (Å²) in [6, 6.07) is 0.0833. The first-order valence-corrected chi connectivity index (χ1v) is 1.44. The summed E-state index contributed by atoms with van der Waals surface area (Å²) in [5.74, 6) is 0. The Morgan fingerprint density at radius 2 is 1.40 bits per heavy atom. The van der Waals surface area contributed by atoms with E-state index in [0.29, 0.717) is 0 Å². The van der Waals surface area contributed by atoms with Crippen molar-refractivity contribution in [3.63, 3.8) is 0 Å². The molecule has 0 aromatic carbocycles. The second-order valence-corrected chi connectivity index (χ2v) is 1.15. The van der Waals surface area contributed by atoms with Gasteiger partial charge in [0.25, 0.3) is 0 Å². The van der Waals surface area contributed by atoms with E-state index in [9.17, 15) is 0 Å². The molecule has 1 N–H and O–H groups in total. The summed E-state index contributed by atoms with van der Waals surface area (Å²) in [6.07, 6.45) is 0. The molecule has 29 valence electrons. The minimum atomic E-state index is 0. The summed E-state index contributed by atoms with van der Waals surface area (Å²) in [7, 11) is 0. The normalized spacial score (nSPS) is 7.20. The summed E-state index contributed by atoms with van der Waals surface area (Å²) >= 11 is 0. The Hall–Kier alpha value is 1.06. The molecule has 0 aliphatic rings. The summed E-state index contributed by atoms with van der Waals surface area (Å²) < 4.78 is 0. The van der Waals surface area contributed by atoms with Crippen molar-refractivity contribution in [2.45, 2.75) is 19.9 Å².